The Kier molecular flexibility index (Phi) is 2.89. The molecule has 0 aromatic heterocycles. The van der Waals surface area contributed by atoms with Gasteiger partial charge < -0.3 is 14.8 Å². The first-order valence-electron chi connectivity index (χ1n) is 4.64. The molecule has 1 heterocycles. The Morgan fingerprint density at radius 1 is 1.50 bits per heavy atom. The van der Waals surface area contributed by atoms with Gasteiger partial charge in [0.25, 0.3) is 0 Å². The molecule has 1 atom stereocenters. The highest BCUT2D eigenvalue weighted by atomic mass is 19.3. The Labute approximate surface area is 90.2 Å². The summed E-state index contributed by atoms with van der Waals surface area (Å²) in [7, 11) is 0. The van der Waals surface area contributed by atoms with Crippen molar-refractivity contribution in [3.8, 4) is 5.75 Å². The molecule has 86 valence electrons. The van der Waals surface area contributed by atoms with Gasteiger partial charge in [-0.05, 0) is 17.7 Å². The van der Waals surface area contributed by atoms with Crippen molar-refractivity contribution >= 4 is 6.09 Å². The molecule has 0 saturated carbocycles. The zero-order chi connectivity index (χ0) is 11.5. The molecule has 1 fully saturated rings. The SMILES string of the molecule is O=C1NCC(c2cccc(OC(F)F)c2)O1. The van der Waals surface area contributed by atoms with Crippen LogP contribution in [0.15, 0.2) is 24.3 Å². The van der Waals surface area contributed by atoms with Gasteiger partial charge in [0.05, 0.1) is 6.54 Å². The Morgan fingerprint density at radius 3 is 2.94 bits per heavy atom. The lowest BCUT2D eigenvalue weighted by atomic mass is 10.1. The van der Waals surface area contributed by atoms with Crippen molar-refractivity contribution in [2.24, 2.45) is 0 Å². The van der Waals surface area contributed by atoms with Crippen LogP contribution in [0.5, 0.6) is 5.75 Å². The minimum absolute atomic E-state index is 0.0513. The molecule has 1 aliphatic heterocycles. The van der Waals surface area contributed by atoms with Gasteiger partial charge in [-0.1, -0.05) is 12.1 Å². The Morgan fingerprint density at radius 2 is 2.31 bits per heavy atom. The summed E-state index contributed by atoms with van der Waals surface area (Å²) in [6, 6.07) is 6.10. The molecular formula is C10H9F2NO3. The minimum atomic E-state index is -2.86. The fourth-order valence-electron chi connectivity index (χ4n) is 1.47. The fourth-order valence-corrected chi connectivity index (χ4v) is 1.47. The number of hydrogen-bond donors (Lipinski definition) is 1. The van der Waals surface area contributed by atoms with Crippen molar-refractivity contribution in [1.82, 2.24) is 5.32 Å². The minimum Gasteiger partial charge on any atom is -0.439 e. The highest BCUT2D eigenvalue weighted by Crippen LogP contribution is 2.25. The Hall–Kier alpha value is -1.85. The van der Waals surface area contributed by atoms with E-state index in [1.165, 1.54) is 12.1 Å². The van der Waals surface area contributed by atoms with Crippen LogP contribution < -0.4 is 10.1 Å². The molecule has 1 N–H and O–H groups in total. The van der Waals surface area contributed by atoms with E-state index in [9.17, 15) is 13.6 Å². The van der Waals surface area contributed by atoms with E-state index in [2.05, 4.69) is 10.1 Å². The number of alkyl carbamates (subject to hydrolysis) is 1. The van der Waals surface area contributed by atoms with Gasteiger partial charge in [0.1, 0.15) is 11.9 Å². The first-order chi connectivity index (χ1) is 7.65. The van der Waals surface area contributed by atoms with Crippen LogP contribution in [0.4, 0.5) is 13.6 Å². The van der Waals surface area contributed by atoms with Gasteiger partial charge in [0.15, 0.2) is 0 Å². The van der Waals surface area contributed by atoms with Gasteiger partial charge >= 0.3 is 12.7 Å². The molecule has 1 aromatic rings. The molecule has 1 unspecified atom stereocenters. The second-order valence-corrected chi connectivity index (χ2v) is 3.23. The Balaban J connectivity index is 2.12. The highest BCUT2D eigenvalue weighted by molar-refractivity contribution is 5.69. The van der Waals surface area contributed by atoms with Crippen LogP contribution in [0.1, 0.15) is 11.7 Å². The molecule has 1 aromatic carbocycles. The van der Waals surface area contributed by atoms with Crippen molar-refractivity contribution < 1.29 is 23.0 Å². The third-order valence-electron chi connectivity index (χ3n) is 2.14. The van der Waals surface area contributed by atoms with Crippen molar-refractivity contribution in [2.75, 3.05) is 6.54 Å². The van der Waals surface area contributed by atoms with E-state index >= 15 is 0 Å². The summed E-state index contributed by atoms with van der Waals surface area (Å²) >= 11 is 0. The molecule has 0 aliphatic carbocycles. The quantitative estimate of drug-likeness (QED) is 0.863. The van der Waals surface area contributed by atoms with E-state index in [-0.39, 0.29) is 5.75 Å². The Bertz CT molecular complexity index is 397. The number of halogens is 2. The van der Waals surface area contributed by atoms with E-state index in [0.29, 0.717) is 12.1 Å². The van der Waals surface area contributed by atoms with Crippen LogP contribution in [-0.2, 0) is 4.74 Å². The monoisotopic (exact) mass is 229 g/mol. The smallest absolute Gasteiger partial charge is 0.407 e. The predicted molar refractivity (Wildman–Crippen MR) is 50.3 cm³/mol. The first-order valence-corrected chi connectivity index (χ1v) is 4.64. The number of cyclic esters (lactones) is 1. The van der Waals surface area contributed by atoms with Crippen molar-refractivity contribution in [3.63, 3.8) is 0 Å². The molecule has 2 rings (SSSR count). The van der Waals surface area contributed by atoms with Gasteiger partial charge in [-0.3, -0.25) is 0 Å². The van der Waals surface area contributed by atoms with Gasteiger partial charge in [-0.2, -0.15) is 8.78 Å². The van der Waals surface area contributed by atoms with Gasteiger partial charge in [0, 0.05) is 0 Å². The van der Waals surface area contributed by atoms with Crippen LogP contribution in [0, 0.1) is 0 Å². The summed E-state index contributed by atoms with van der Waals surface area (Å²) in [5.41, 5.74) is 0.622. The first kappa shape index (κ1) is 10.7. The molecule has 16 heavy (non-hydrogen) atoms. The van der Waals surface area contributed by atoms with Gasteiger partial charge in [0.2, 0.25) is 0 Å². The standard InChI is InChI=1S/C10H9F2NO3/c11-9(12)15-7-3-1-2-6(4-7)8-5-13-10(14)16-8/h1-4,8-9H,5H2,(H,13,14). The molecule has 6 heteroatoms. The van der Waals surface area contributed by atoms with Crippen LogP contribution in [0.25, 0.3) is 0 Å². The maximum Gasteiger partial charge on any atom is 0.407 e. The third-order valence-corrected chi connectivity index (χ3v) is 2.14. The number of carbonyl (C=O) groups is 1. The van der Waals surface area contributed by atoms with E-state index in [4.69, 9.17) is 4.74 Å². The van der Waals surface area contributed by atoms with Crippen molar-refractivity contribution in [2.45, 2.75) is 12.7 Å². The number of amides is 1. The maximum atomic E-state index is 12.0. The number of ether oxygens (including phenoxy) is 2. The van der Waals surface area contributed by atoms with Crippen LogP contribution in [-0.4, -0.2) is 19.2 Å². The lowest BCUT2D eigenvalue weighted by molar-refractivity contribution is -0.0499. The lowest BCUT2D eigenvalue weighted by Crippen LogP contribution is -2.12. The number of rotatable bonds is 3. The van der Waals surface area contributed by atoms with Crippen LogP contribution in [0.3, 0.4) is 0 Å². The van der Waals surface area contributed by atoms with Crippen LogP contribution in [0.2, 0.25) is 0 Å². The number of carbonyl (C=O) groups excluding carboxylic acids is 1. The number of benzene rings is 1. The van der Waals surface area contributed by atoms with Crippen molar-refractivity contribution in [1.29, 1.82) is 0 Å². The summed E-state index contributed by atoms with van der Waals surface area (Å²) in [5, 5.41) is 2.48. The summed E-state index contributed by atoms with van der Waals surface area (Å²) in [6.07, 6.45) is -0.959. The summed E-state index contributed by atoms with van der Waals surface area (Å²) < 4.78 is 33.1. The second kappa shape index (κ2) is 4.34. The van der Waals surface area contributed by atoms with E-state index in [1.807, 2.05) is 0 Å². The van der Waals surface area contributed by atoms with Crippen LogP contribution >= 0.6 is 0 Å². The highest BCUT2D eigenvalue weighted by Gasteiger charge is 2.24. The topological polar surface area (TPSA) is 47.6 Å². The molecule has 1 amide bonds. The molecule has 0 radical (unpaired) electrons. The second-order valence-electron chi connectivity index (χ2n) is 3.23. The number of alkyl halides is 2. The number of nitrogens with one attached hydrogen (secondary N) is 1. The maximum absolute atomic E-state index is 12.0. The summed E-state index contributed by atoms with van der Waals surface area (Å²) in [4.78, 5) is 10.8. The largest absolute Gasteiger partial charge is 0.439 e. The van der Waals surface area contributed by atoms with E-state index in [0.717, 1.165) is 0 Å². The van der Waals surface area contributed by atoms with Crippen molar-refractivity contribution in [3.05, 3.63) is 29.8 Å². The van der Waals surface area contributed by atoms with Gasteiger partial charge in [-0.15, -0.1) is 0 Å². The van der Waals surface area contributed by atoms with E-state index < -0.39 is 18.8 Å². The average Bonchev–Trinajstić information content (AvgIpc) is 2.64. The molecule has 0 bridgehead atoms. The fraction of sp³-hybridized carbons (Fsp3) is 0.300. The summed E-state index contributed by atoms with van der Waals surface area (Å²) in [5.74, 6) is 0.0513. The molecule has 1 saturated heterocycles. The van der Waals surface area contributed by atoms with E-state index in [1.54, 1.807) is 12.1 Å². The molecular weight excluding hydrogens is 220 g/mol. The normalized spacial score (nSPS) is 19.4. The zero-order valence-corrected chi connectivity index (χ0v) is 8.15. The average molecular weight is 229 g/mol. The number of hydrogen-bond acceptors (Lipinski definition) is 3. The third kappa shape index (κ3) is 2.39. The van der Waals surface area contributed by atoms with Gasteiger partial charge in [-0.25, -0.2) is 4.79 Å². The molecule has 0 spiro atoms. The summed E-state index contributed by atoms with van der Waals surface area (Å²) in [6.45, 7) is -2.53. The predicted octanol–water partition coefficient (Wildman–Crippen LogP) is 2.07. The lowest BCUT2D eigenvalue weighted by Gasteiger charge is -2.10. The molecule has 4 nitrogen and oxygen atoms in total. The zero-order valence-electron chi connectivity index (χ0n) is 8.15. The molecule has 1 aliphatic rings.